The summed E-state index contributed by atoms with van der Waals surface area (Å²) in [7, 11) is 0. The zero-order valence-electron chi connectivity index (χ0n) is 9.43. The number of anilines is 1. The van der Waals surface area contributed by atoms with Crippen LogP contribution in [0, 0.1) is 0 Å². The lowest BCUT2D eigenvalue weighted by Gasteiger charge is -2.36. The van der Waals surface area contributed by atoms with Gasteiger partial charge in [-0.2, -0.15) is 0 Å². The third-order valence-electron chi connectivity index (χ3n) is 2.83. The maximum Gasteiger partial charge on any atom is 0.136 e. The largest absolute Gasteiger partial charge is 0.368 e. The van der Waals surface area contributed by atoms with E-state index >= 15 is 0 Å². The maximum atomic E-state index is 5.30. The lowest BCUT2D eigenvalue weighted by atomic mass is 10.2. The third-order valence-corrected chi connectivity index (χ3v) is 4.20. The van der Waals surface area contributed by atoms with Gasteiger partial charge >= 0.3 is 0 Å². The van der Waals surface area contributed by atoms with Crippen molar-refractivity contribution in [2.24, 2.45) is 0 Å². The minimum atomic E-state index is 1.02. The second kappa shape index (κ2) is 5.55. The summed E-state index contributed by atoms with van der Waals surface area (Å²) in [6.45, 7) is 4.19. The summed E-state index contributed by atoms with van der Waals surface area (Å²) in [6.07, 6.45) is 2.05. The fourth-order valence-electron chi connectivity index (χ4n) is 1.92. The van der Waals surface area contributed by atoms with Crippen molar-refractivity contribution >= 4 is 34.0 Å². The van der Waals surface area contributed by atoms with Crippen LogP contribution in [0.15, 0.2) is 30.3 Å². The van der Waals surface area contributed by atoms with E-state index in [1.54, 1.807) is 11.8 Å². The van der Waals surface area contributed by atoms with E-state index in [0.29, 0.717) is 0 Å². The van der Waals surface area contributed by atoms with E-state index in [-0.39, 0.29) is 0 Å². The van der Waals surface area contributed by atoms with Crippen molar-refractivity contribution in [3.63, 3.8) is 0 Å². The maximum absolute atomic E-state index is 5.30. The topological polar surface area (TPSA) is 6.48 Å². The van der Waals surface area contributed by atoms with Crippen molar-refractivity contribution < 1.29 is 0 Å². The van der Waals surface area contributed by atoms with Gasteiger partial charge in [-0.3, -0.25) is 0 Å². The number of benzene rings is 1. The summed E-state index contributed by atoms with van der Waals surface area (Å²) in [5, 5.41) is 0. The Kier molecular flexibility index (Phi) is 4.07. The van der Waals surface area contributed by atoms with Crippen molar-refractivity contribution in [1.29, 1.82) is 0 Å². The minimum Gasteiger partial charge on any atom is -0.368 e. The highest BCUT2D eigenvalue weighted by atomic mass is 32.2. The number of piperazine rings is 1. The molecule has 0 unspecified atom stereocenters. The van der Waals surface area contributed by atoms with E-state index in [4.69, 9.17) is 12.2 Å². The van der Waals surface area contributed by atoms with E-state index in [1.165, 1.54) is 5.69 Å². The predicted octanol–water partition coefficient (Wildman–Crippen LogP) is 2.46. The standard InChI is InChI=1S/C12H16N2S2/c1-16-12(15)14-9-7-13(8-10-14)11-5-3-2-4-6-11/h2-6H,7-10H2,1H3. The number of para-hydroxylation sites is 1. The van der Waals surface area contributed by atoms with Gasteiger partial charge in [-0.15, -0.1) is 11.8 Å². The van der Waals surface area contributed by atoms with Gasteiger partial charge in [0.1, 0.15) is 4.32 Å². The lowest BCUT2D eigenvalue weighted by Crippen LogP contribution is -2.47. The van der Waals surface area contributed by atoms with Gasteiger partial charge < -0.3 is 9.80 Å². The molecule has 0 aliphatic carbocycles. The van der Waals surface area contributed by atoms with Crippen LogP contribution in [0.1, 0.15) is 0 Å². The van der Waals surface area contributed by atoms with E-state index in [9.17, 15) is 0 Å². The van der Waals surface area contributed by atoms with Crippen LogP contribution in [0.4, 0.5) is 5.69 Å². The molecule has 1 aliphatic heterocycles. The zero-order valence-corrected chi connectivity index (χ0v) is 11.1. The van der Waals surface area contributed by atoms with E-state index in [1.807, 2.05) is 6.26 Å². The molecule has 1 saturated heterocycles. The third kappa shape index (κ3) is 2.68. The number of thioether (sulfide) groups is 1. The Hall–Kier alpha value is -0.740. The van der Waals surface area contributed by atoms with E-state index in [2.05, 4.69) is 40.1 Å². The average Bonchev–Trinajstić information content (AvgIpc) is 2.39. The SMILES string of the molecule is CSC(=S)N1CCN(c2ccccc2)CC1. The van der Waals surface area contributed by atoms with Crippen molar-refractivity contribution in [1.82, 2.24) is 4.90 Å². The van der Waals surface area contributed by atoms with Gasteiger partial charge in [0.15, 0.2) is 0 Å². The van der Waals surface area contributed by atoms with Crippen LogP contribution in [0.2, 0.25) is 0 Å². The van der Waals surface area contributed by atoms with E-state index in [0.717, 1.165) is 30.5 Å². The molecule has 0 radical (unpaired) electrons. The Morgan fingerprint density at radius 1 is 1.12 bits per heavy atom. The summed E-state index contributed by atoms with van der Waals surface area (Å²) in [4.78, 5) is 4.71. The highest BCUT2D eigenvalue weighted by Gasteiger charge is 2.18. The molecule has 0 atom stereocenters. The Bertz CT molecular complexity index is 345. The summed E-state index contributed by atoms with van der Waals surface area (Å²) in [5.74, 6) is 0. The molecule has 0 spiro atoms. The van der Waals surface area contributed by atoms with Gasteiger partial charge in [-0.05, 0) is 18.4 Å². The molecule has 2 nitrogen and oxygen atoms in total. The Morgan fingerprint density at radius 3 is 2.31 bits per heavy atom. The monoisotopic (exact) mass is 252 g/mol. The molecule has 0 saturated carbocycles. The van der Waals surface area contributed by atoms with Gasteiger partial charge in [-0.25, -0.2) is 0 Å². The number of hydrogen-bond acceptors (Lipinski definition) is 3. The summed E-state index contributed by atoms with van der Waals surface area (Å²) < 4.78 is 1.02. The highest BCUT2D eigenvalue weighted by molar-refractivity contribution is 8.22. The molecule has 1 aromatic carbocycles. The molecule has 0 aromatic heterocycles. The molecular formula is C12H16N2S2. The van der Waals surface area contributed by atoms with Gasteiger partial charge in [-0.1, -0.05) is 30.4 Å². The molecule has 4 heteroatoms. The van der Waals surface area contributed by atoms with Gasteiger partial charge in [0, 0.05) is 31.9 Å². The molecule has 1 aliphatic rings. The molecule has 0 bridgehead atoms. The fourth-order valence-corrected chi connectivity index (χ4v) is 2.54. The highest BCUT2D eigenvalue weighted by Crippen LogP contribution is 2.17. The Morgan fingerprint density at radius 2 is 1.75 bits per heavy atom. The Balaban J connectivity index is 1.93. The summed E-state index contributed by atoms with van der Waals surface area (Å²) in [6, 6.07) is 10.6. The van der Waals surface area contributed by atoms with E-state index < -0.39 is 0 Å². The fraction of sp³-hybridized carbons (Fsp3) is 0.417. The van der Waals surface area contributed by atoms with Gasteiger partial charge in [0.05, 0.1) is 0 Å². The smallest absolute Gasteiger partial charge is 0.136 e. The predicted molar refractivity (Wildman–Crippen MR) is 76.3 cm³/mol. The summed E-state index contributed by atoms with van der Waals surface area (Å²) >= 11 is 6.97. The lowest BCUT2D eigenvalue weighted by molar-refractivity contribution is 0.397. The number of rotatable bonds is 1. The Labute approximate surface area is 107 Å². The molecule has 16 heavy (non-hydrogen) atoms. The van der Waals surface area contributed by atoms with Crippen molar-refractivity contribution in [2.75, 3.05) is 37.3 Å². The van der Waals surface area contributed by atoms with Crippen molar-refractivity contribution in [2.45, 2.75) is 0 Å². The molecule has 1 fully saturated rings. The first kappa shape index (κ1) is 11.7. The molecule has 0 amide bonds. The number of nitrogens with zero attached hydrogens (tertiary/aromatic N) is 2. The van der Waals surface area contributed by atoms with Crippen molar-refractivity contribution in [3.05, 3.63) is 30.3 Å². The van der Waals surface area contributed by atoms with Crippen LogP contribution >= 0.6 is 24.0 Å². The first-order valence-corrected chi connectivity index (χ1v) is 7.07. The van der Waals surface area contributed by atoms with Crippen LogP contribution in [-0.4, -0.2) is 41.7 Å². The average molecular weight is 252 g/mol. The molecule has 2 rings (SSSR count). The quantitative estimate of drug-likeness (QED) is 0.708. The second-order valence-electron chi connectivity index (χ2n) is 3.78. The second-order valence-corrected chi connectivity index (χ2v) is 5.22. The van der Waals surface area contributed by atoms with Gasteiger partial charge in [0.25, 0.3) is 0 Å². The molecular weight excluding hydrogens is 236 g/mol. The van der Waals surface area contributed by atoms with Crippen LogP contribution in [0.5, 0.6) is 0 Å². The van der Waals surface area contributed by atoms with Crippen LogP contribution < -0.4 is 4.90 Å². The molecule has 1 heterocycles. The molecule has 1 aromatic rings. The summed E-state index contributed by atoms with van der Waals surface area (Å²) in [5.41, 5.74) is 1.32. The normalized spacial score (nSPS) is 16.3. The van der Waals surface area contributed by atoms with Crippen LogP contribution in [0.3, 0.4) is 0 Å². The molecule has 0 N–H and O–H groups in total. The zero-order chi connectivity index (χ0) is 11.4. The van der Waals surface area contributed by atoms with Gasteiger partial charge in [0.2, 0.25) is 0 Å². The first-order chi connectivity index (χ1) is 7.81. The van der Waals surface area contributed by atoms with Crippen LogP contribution in [0.25, 0.3) is 0 Å². The molecule has 86 valence electrons. The minimum absolute atomic E-state index is 1.02. The van der Waals surface area contributed by atoms with Crippen LogP contribution in [-0.2, 0) is 0 Å². The first-order valence-electron chi connectivity index (χ1n) is 5.44. The van der Waals surface area contributed by atoms with Crippen molar-refractivity contribution in [3.8, 4) is 0 Å². The number of thiocarbonyl (C=S) groups is 1. The number of hydrogen-bond donors (Lipinski definition) is 0.